The summed E-state index contributed by atoms with van der Waals surface area (Å²) in [7, 11) is 0. The Morgan fingerprint density at radius 1 is 0.452 bits per heavy atom. The number of anilines is 3. The molecule has 4 aliphatic rings. The maximum absolute atomic E-state index is 2.50. The Hall–Kier alpha value is -6.96. The Labute approximate surface area is 367 Å². The van der Waals surface area contributed by atoms with Crippen LogP contribution in [0.1, 0.15) is 63.6 Å². The average Bonchev–Trinajstić information content (AvgIpc) is 3.53. The van der Waals surface area contributed by atoms with Gasteiger partial charge in [0.1, 0.15) is 0 Å². The quantitative estimate of drug-likeness (QED) is 0.155. The van der Waals surface area contributed by atoms with Crippen molar-refractivity contribution in [3.63, 3.8) is 0 Å². The molecule has 11 rings (SSSR count). The van der Waals surface area contributed by atoms with Crippen molar-refractivity contribution in [2.45, 2.75) is 52.4 Å². The van der Waals surface area contributed by atoms with Gasteiger partial charge in [0.25, 0.3) is 0 Å². The molecule has 0 saturated carbocycles. The van der Waals surface area contributed by atoms with Crippen LogP contribution in [0.3, 0.4) is 0 Å². The van der Waals surface area contributed by atoms with Gasteiger partial charge in [-0.1, -0.05) is 191 Å². The van der Waals surface area contributed by atoms with Crippen molar-refractivity contribution < 1.29 is 0 Å². The largest absolute Gasteiger partial charge is 0.311 e. The van der Waals surface area contributed by atoms with Gasteiger partial charge in [-0.2, -0.15) is 0 Å². The molecule has 0 aliphatic heterocycles. The molecule has 0 atom stereocenters. The van der Waals surface area contributed by atoms with E-state index in [0.717, 1.165) is 36.3 Å². The van der Waals surface area contributed by atoms with Crippen LogP contribution >= 0.6 is 0 Å². The average molecular weight is 798 g/mol. The van der Waals surface area contributed by atoms with Crippen LogP contribution in [0.4, 0.5) is 17.1 Å². The monoisotopic (exact) mass is 797 g/mol. The van der Waals surface area contributed by atoms with E-state index in [1.54, 1.807) is 5.57 Å². The van der Waals surface area contributed by atoms with E-state index in [4.69, 9.17) is 0 Å². The first-order chi connectivity index (χ1) is 30.2. The number of allylic oxidation sites excluding steroid dienone is 10. The van der Waals surface area contributed by atoms with Gasteiger partial charge in [0, 0.05) is 27.9 Å². The minimum Gasteiger partial charge on any atom is -0.311 e. The molecule has 0 aromatic heterocycles. The highest BCUT2D eigenvalue weighted by Gasteiger charge is 2.40. The first kappa shape index (κ1) is 38.0. The number of nitrogens with zero attached hydrogens (tertiary/aromatic N) is 1. The summed E-state index contributed by atoms with van der Waals surface area (Å²) < 4.78 is 0. The molecule has 0 heterocycles. The SMILES string of the molecule is CC1(C)C2=CCC(c3ccc(N(c4ccc(-c5ccc(-c6ccccc6)cc5)cc4)c4ccc(-c5ccc6c(c5)C(C)(C)c5ccccc5-6)cc4)cc3)=CC=C2C2=C1CCC=C2. The summed E-state index contributed by atoms with van der Waals surface area (Å²) in [4.78, 5) is 2.39. The highest BCUT2D eigenvalue weighted by atomic mass is 15.1. The first-order valence-corrected chi connectivity index (χ1v) is 22.3. The smallest absolute Gasteiger partial charge is 0.0462 e. The Bertz CT molecular complexity index is 3020. The highest BCUT2D eigenvalue weighted by Crippen LogP contribution is 2.54. The molecular weight excluding hydrogens is 747 g/mol. The minimum absolute atomic E-state index is 0.0369. The van der Waals surface area contributed by atoms with Crippen molar-refractivity contribution in [1.82, 2.24) is 0 Å². The number of hydrogen-bond acceptors (Lipinski definition) is 1. The third kappa shape index (κ3) is 6.38. The van der Waals surface area contributed by atoms with E-state index in [0.29, 0.717) is 0 Å². The fraction of sp³-hybridized carbons (Fsp3) is 0.148. The van der Waals surface area contributed by atoms with Crippen LogP contribution in [-0.4, -0.2) is 0 Å². The molecule has 1 heteroatoms. The van der Waals surface area contributed by atoms with Crippen molar-refractivity contribution in [1.29, 1.82) is 0 Å². The van der Waals surface area contributed by atoms with Crippen molar-refractivity contribution >= 4 is 22.6 Å². The van der Waals surface area contributed by atoms with Gasteiger partial charge >= 0.3 is 0 Å². The second kappa shape index (κ2) is 14.9. The molecule has 0 saturated heterocycles. The number of hydrogen-bond donors (Lipinski definition) is 0. The van der Waals surface area contributed by atoms with Crippen LogP contribution in [0, 0.1) is 5.41 Å². The van der Waals surface area contributed by atoms with Crippen molar-refractivity contribution in [3.05, 3.63) is 239 Å². The van der Waals surface area contributed by atoms with Gasteiger partial charge in [-0.3, -0.25) is 0 Å². The summed E-state index contributed by atoms with van der Waals surface area (Å²) >= 11 is 0. The summed E-state index contributed by atoms with van der Waals surface area (Å²) in [6.45, 7) is 9.53. The van der Waals surface area contributed by atoms with Gasteiger partial charge in [0.05, 0.1) is 0 Å². The fourth-order valence-corrected chi connectivity index (χ4v) is 10.7. The third-order valence-electron chi connectivity index (χ3n) is 14.1. The number of benzene rings is 7. The van der Waals surface area contributed by atoms with Crippen LogP contribution in [-0.2, 0) is 5.41 Å². The van der Waals surface area contributed by atoms with Gasteiger partial charge in [-0.05, 0) is 145 Å². The zero-order chi connectivity index (χ0) is 42.0. The normalized spacial score (nSPS) is 16.6. The predicted molar refractivity (Wildman–Crippen MR) is 263 cm³/mol. The molecule has 1 nitrogen and oxygen atoms in total. The molecule has 300 valence electrons. The Morgan fingerprint density at radius 2 is 0.968 bits per heavy atom. The number of rotatable bonds is 7. The summed E-state index contributed by atoms with van der Waals surface area (Å²) in [6, 6.07) is 62.8. The molecule has 0 fully saturated rings. The fourth-order valence-electron chi connectivity index (χ4n) is 10.7. The topological polar surface area (TPSA) is 3.24 Å². The second-order valence-corrected chi connectivity index (χ2v) is 18.4. The maximum atomic E-state index is 2.50. The molecule has 0 spiro atoms. The lowest BCUT2D eigenvalue weighted by molar-refractivity contribution is 0.537. The van der Waals surface area contributed by atoms with E-state index in [-0.39, 0.29) is 10.8 Å². The molecule has 0 N–H and O–H groups in total. The minimum atomic E-state index is -0.0369. The van der Waals surface area contributed by atoms with Crippen molar-refractivity contribution in [2.75, 3.05) is 4.90 Å². The number of fused-ring (bicyclic) bond motifs is 5. The first-order valence-electron chi connectivity index (χ1n) is 22.3. The Morgan fingerprint density at radius 3 is 1.61 bits per heavy atom. The van der Waals surface area contributed by atoms with Gasteiger partial charge in [0.2, 0.25) is 0 Å². The maximum Gasteiger partial charge on any atom is 0.0462 e. The van der Waals surface area contributed by atoms with Gasteiger partial charge in [-0.25, -0.2) is 0 Å². The zero-order valence-electron chi connectivity index (χ0n) is 36.1. The molecule has 7 aromatic carbocycles. The molecule has 7 aromatic rings. The molecular formula is C61H51N. The van der Waals surface area contributed by atoms with E-state index in [1.165, 1.54) is 83.5 Å². The summed E-state index contributed by atoms with van der Waals surface area (Å²) in [6.07, 6.45) is 15.2. The Balaban J connectivity index is 0.924. The summed E-state index contributed by atoms with van der Waals surface area (Å²) in [5.41, 5.74) is 24.8. The molecule has 0 bridgehead atoms. The lowest BCUT2D eigenvalue weighted by Gasteiger charge is -2.26. The van der Waals surface area contributed by atoms with E-state index < -0.39 is 0 Å². The van der Waals surface area contributed by atoms with Crippen molar-refractivity contribution in [2.24, 2.45) is 5.41 Å². The van der Waals surface area contributed by atoms with Gasteiger partial charge in [0.15, 0.2) is 0 Å². The van der Waals surface area contributed by atoms with Crippen LogP contribution in [0.25, 0.3) is 50.1 Å². The van der Waals surface area contributed by atoms with E-state index in [1.807, 2.05) is 0 Å². The predicted octanol–water partition coefficient (Wildman–Crippen LogP) is 16.8. The lowest BCUT2D eigenvalue weighted by atomic mass is 9.78. The lowest BCUT2D eigenvalue weighted by Crippen LogP contribution is -2.14. The van der Waals surface area contributed by atoms with E-state index >= 15 is 0 Å². The van der Waals surface area contributed by atoms with E-state index in [2.05, 4.69) is 233 Å². The third-order valence-corrected chi connectivity index (χ3v) is 14.1. The molecule has 0 amide bonds. The standard InChI is InChI=1S/C61H51N/c1-60(2)56-16-10-8-14-52(56)54-37-28-46(30-39-58(54)60)45-24-33-50(34-25-45)62(49-31-22-44(23-32-49)43-20-18-42(19-21-43)41-12-6-5-7-13-41)51-35-26-47(27-36-51)48-29-38-55-53-15-9-11-17-57(53)61(3,4)59(55)40-48/h5-9,11-15,17-29,31-40H,10,16,30H2,1-4H3. The van der Waals surface area contributed by atoms with Crippen molar-refractivity contribution in [3.8, 4) is 44.5 Å². The molecule has 0 radical (unpaired) electrons. The van der Waals surface area contributed by atoms with Crippen LogP contribution < -0.4 is 4.90 Å². The summed E-state index contributed by atoms with van der Waals surface area (Å²) in [5, 5.41) is 0. The van der Waals surface area contributed by atoms with E-state index in [9.17, 15) is 0 Å². The van der Waals surface area contributed by atoms with Crippen LogP contribution in [0.2, 0.25) is 0 Å². The molecule has 0 unspecified atom stereocenters. The zero-order valence-corrected chi connectivity index (χ0v) is 36.1. The summed E-state index contributed by atoms with van der Waals surface area (Å²) in [5.74, 6) is 0. The molecule has 62 heavy (non-hydrogen) atoms. The van der Waals surface area contributed by atoms with Gasteiger partial charge < -0.3 is 4.90 Å². The molecule has 4 aliphatic carbocycles. The Kier molecular flexibility index (Phi) is 9.13. The van der Waals surface area contributed by atoms with Crippen LogP contribution in [0.15, 0.2) is 223 Å². The highest BCUT2D eigenvalue weighted by molar-refractivity contribution is 5.85. The van der Waals surface area contributed by atoms with Crippen LogP contribution in [0.5, 0.6) is 0 Å². The second-order valence-electron chi connectivity index (χ2n) is 18.4. The van der Waals surface area contributed by atoms with Gasteiger partial charge in [-0.15, -0.1) is 0 Å².